The Labute approximate surface area is 159 Å². The van der Waals surface area contributed by atoms with Crippen LogP contribution in [0, 0.1) is 0 Å². The van der Waals surface area contributed by atoms with E-state index >= 15 is 0 Å². The van der Waals surface area contributed by atoms with Crippen molar-refractivity contribution >= 4 is 17.4 Å². The molecule has 0 bridgehead atoms. The summed E-state index contributed by atoms with van der Waals surface area (Å²) in [4.78, 5) is 29.5. The number of carbonyl (C=O) groups is 2. The standard InChI is InChI=1S/C22H24N2O3/c1-15(2)24-21(25)19(17-12-8-9-13-18(17)27-4)20(22(24)26)23(3)14-16-10-6-5-7-11-16/h5-13,15H,14H2,1-4H3. The van der Waals surface area contributed by atoms with Crippen LogP contribution in [0.4, 0.5) is 0 Å². The third-order valence-corrected chi connectivity index (χ3v) is 4.63. The van der Waals surface area contributed by atoms with Crippen molar-refractivity contribution in [1.82, 2.24) is 9.80 Å². The molecule has 1 aliphatic heterocycles. The minimum absolute atomic E-state index is 0.225. The fraction of sp³-hybridized carbons (Fsp3) is 0.273. The number of hydrogen-bond acceptors (Lipinski definition) is 4. The number of rotatable bonds is 6. The van der Waals surface area contributed by atoms with E-state index in [-0.39, 0.29) is 17.9 Å². The van der Waals surface area contributed by atoms with Crippen LogP contribution in [0.5, 0.6) is 5.75 Å². The van der Waals surface area contributed by atoms with Crippen LogP contribution < -0.4 is 4.74 Å². The van der Waals surface area contributed by atoms with Gasteiger partial charge in [0, 0.05) is 25.2 Å². The van der Waals surface area contributed by atoms with E-state index in [1.165, 1.54) is 4.90 Å². The topological polar surface area (TPSA) is 49.9 Å². The molecule has 0 unspecified atom stereocenters. The predicted molar refractivity (Wildman–Crippen MR) is 105 cm³/mol. The molecule has 5 nitrogen and oxygen atoms in total. The summed E-state index contributed by atoms with van der Waals surface area (Å²) in [6, 6.07) is 17.0. The van der Waals surface area contributed by atoms with E-state index in [1.807, 2.05) is 74.3 Å². The maximum atomic E-state index is 13.2. The van der Waals surface area contributed by atoms with Gasteiger partial charge in [-0.2, -0.15) is 0 Å². The molecule has 1 heterocycles. The van der Waals surface area contributed by atoms with E-state index in [4.69, 9.17) is 4.74 Å². The zero-order valence-corrected chi connectivity index (χ0v) is 16.1. The van der Waals surface area contributed by atoms with Gasteiger partial charge in [0.2, 0.25) is 0 Å². The van der Waals surface area contributed by atoms with Crippen molar-refractivity contribution in [1.29, 1.82) is 0 Å². The molecule has 0 aliphatic carbocycles. The number of ether oxygens (including phenoxy) is 1. The Morgan fingerprint density at radius 1 is 0.963 bits per heavy atom. The lowest BCUT2D eigenvalue weighted by Crippen LogP contribution is -2.39. The van der Waals surface area contributed by atoms with E-state index in [2.05, 4.69) is 0 Å². The normalized spacial score (nSPS) is 14.3. The average molecular weight is 364 g/mol. The van der Waals surface area contributed by atoms with Gasteiger partial charge in [0.15, 0.2) is 0 Å². The highest BCUT2D eigenvalue weighted by Gasteiger charge is 2.42. The molecule has 0 radical (unpaired) electrons. The monoisotopic (exact) mass is 364 g/mol. The lowest BCUT2D eigenvalue weighted by Gasteiger charge is -2.23. The second-order valence-electron chi connectivity index (χ2n) is 6.84. The van der Waals surface area contributed by atoms with Crippen molar-refractivity contribution in [3.63, 3.8) is 0 Å². The average Bonchev–Trinajstić information content (AvgIpc) is 2.92. The first kappa shape index (κ1) is 18.7. The van der Waals surface area contributed by atoms with Gasteiger partial charge in [-0.15, -0.1) is 0 Å². The lowest BCUT2D eigenvalue weighted by atomic mass is 10.0. The van der Waals surface area contributed by atoms with E-state index in [9.17, 15) is 9.59 Å². The Bertz CT molecular complexity index is 887. The number of hydrogen-bond donors (Lipinski definition) is 0. The van der Waals surface area contributed by atoms with Crippen LogP contribution in [0.1, 0.15) is 25.0 Å². The molecule has 5 heteroatoms. The predicted octanol–water partition coefficient (Wildman–Crippen LogP) is 3.32. The van der Waals surface area contributed by atoms with Gasteiger partial charge >= 0.3 is 0 Å². The number of carbonyl (C=O) groups excluding carboxylic acids is 2. The highest BCUT2D eigenvalue weighted by Crippen LogP contribution is 2.36. The molecule has 1 aliphatic rings. The number of benzene rings is 2. The molecule has 0 saturated heterocycles. The number of methoxy groups -OCH3 is 1. The summed E-state index contributed by atoms with van der Waals surface area (Å²) in [7, 11) is 3.40. The van der Waals surface area contributed by atoms with Crippen molar-refractivity contribution in [2.75, 3.05) is 14.2 Å². The molecule has 2 aromatic carbocycles. The third kappa shape index (κ3) is 3.45. The van der Waals surface area contributed by atoms with E-state index in [0.29, 0.717) is 29.1 Å². The largest absolute Gasteiger partial charge is 0.496 e. The van der Waals surface area contributed by atoms with E-state index < -0.39 is 0 Å². The summed E-state index contributed by atoms with van der Waals surface area (Å²) >= 11 is 0. The number of para-hydroxylation sites is 1. The maximum absolute atomic E-state index is 13.2. The Hall–Kier alpha value is -3.08. The second kappa shape index (κ2) is 7.66. The molecular formula is C22H24N2O3. The Morgan fingerprint density at radius 2 is 1.59 bits per heavy atom. The first-order valence-electron chi connectivity index (χ1n) is 8.96. The minimum Gasteiger partial charge on any atom is -0.496 e. The zero-order chi connectivity index (χ0) is 19.6. The fourth-order valence-electron chi connectivity index (χ4n) is 3.39. The first-order valence-corrected chi connectivity index (χ1v) is 8.96. The summed E-state index contributed by atoms with van der Waals surface area (Å²) in [5.74, 6) is 0.0219. The van der Waals surface area contributed by atoms with Gasteiger partial charge in [-0.3, -0.25) is 14.5 Å². The van der Waals surface area contributed by atoms with Crippen LogP contribution in [0.15, 0.2) is 60.3 Å². The van der Waals surface area contributed by atoms with Gasteiger partial charge in [-0.05, 0) is 25.5 Å². The minimum atomic E-state index is -0.283. The van der Waals surface area contributed by atoms with Crippen molar-refractivity contribution in [3.05, 3.63) is 71.4 Å². The number of imide groups is 1. The van der Waals surface area contributed by atoms with Gasteiger partial charge in [0.25, 0.3) is 11.8 Å². The highest BCUT2D eigenvalue weighted by molar-refractivity contribution is 6.36. The fourth-order valence-corrected chi connectivity index (χ4v) is 3.39. The first-order chi connectivity index (χ1) is 13.0. The highest BCUT2D eigenvalue weighted by atomic mass is 16.5. The van der Waals surface area contributed by atoms with Gasteiger partial charge in [-0.25, -0.2) is 0 Å². The molecule has 2 amide bonds. The van der Waals surface area contributed by atoms with E-state index in [0.717, 1.165) is 5.56 Å². The molecule has 0 N–H and O–H groups in total. The van der Waals surface area contributed by atoms with Crippen LogP contribution in [0.2, 0.25) is 0 Å². The molecule has 0 fully saturated rings. The van der Waals surface area contributed by atoms with Crippen LogP contribution in [-0.4, -0.2) is 41.8 Å². The quantitative estimate of drug-likeness (QED) is 0.738. The Kier molecular flexibility index (Phi) is 5.31. The molecular weight excluding hydrogens is 340 g/mol. The molecule has 2 aromatic rings. The number of likely N-dealkylation sites (N-methyl/N-ethyl adjacent to an activating group) is 1. The third-order valence-electron chi connectivity index (χ3n) is 4.63. The van der Waals surface area contributed by atoms with Crippen molar-refractivity contribution in [2.24, 2.45) is 0 Å². The molecule has 0 saturated carbocycles. The van der Waals surface area contributed by atoms with Gasteiger partial charge in [-0.1, -0.05) is 48.5 Å². The molecule has 27 heavy (non-hydrogen) atoms. The summed E-state index contributed by atoms with van der Waals surface area (Å²) < 4.78 is 5.45. The molecule has 0 aromatic heterocycles. The summed E-state index contributed by atoms with van der Waals surface area (Å²) in [5.41, 5.74) is 2.50. The summed E-state index contributed by atoms with van der Waals surface area (Å²) in [6.07, 6.45) is 0. The van der Waals surface area contributed by atoms with E-state index in [1.54, 1.807) is 13.2 Å². The summed E-state index contributed by atoms with van der Waals surface area (Å²) in [5, 5.41) is 0. The SMILES string of the molecule is COc1ccccc1C1=C(N(C)Cc2ccccc2)C(=O)N(C(C)C)C1=O. The van der Waals surface area contributed by atoms with Crippen molar-refractivity contribution in [2.45, 2.75) is 26.4 Å². The number of amides is 2. The van der Waals surface area contributed by atoms with Gasteiger partial charge < -0.3 is 9.64 Å². The Morgan fingerprint density at radius 3 is 2.22 bits per heavy atom. The number of nitrogens with zero attached hydrogens (tertiary/aromatic N) is 2. The van der Waals surface area contributed by atoms with Gasteiger partial charge in [0.05, 0.1) is 12.7 Å². The van der Waals surface area contributed by atoms with Crippen molar-refractivity contribution < 1.29 is 14.3 Å². The molecule has 3 rings (SSSR count). The summed E-state index contributed by atoms with van der Waals surface area (Å²) in [6.45, 7) is 4.21. The van der Waals surface area contributed by atoms with Crippen LogP contribution in [-0.2, 0) is 16.1 Å². The van der Waals surface area contributed by atoms with Crippen molar-refractivity contribution in [3.8, 4) is 5.75 Å². The second-order valence-corrected chi connectivity index (χ2v) is 6.84. The van der Waals surface area contributed by atoms with Gasteiger partial charge in [0.1, 0.15) is 11.4 Å². The smallest absolute Gasteiger partial charge is 0.278 e. The van der Waals surface area contributed by atoms with Crippen LogP contribution in [0.3, 0.4) is 0 Å². The molecule has 0 spiro atoms. The lowest BCUT2D eigenvalue weighted by molar-refractivity contribution is -0.139. The molecule has 140 valence electrons. The van der Waals surface area contributed by atoms with Crippen LogP contribution in [0.25, 0.3) is 5.57 Å². The molecule has 0 atom stereocenters. The zero-order valence-electron chi connectivity index (χ0n) is 16.1. The maximum Gasteiger partial charge on any atom is 0.278 e. The van der Waals surface area contributed by atoms with Crippen LogP contribution >= 0.6 is 0 Å². The Balaban J connectivity index is 2.12.